The van der Waals surface area contributed by atoms with E-state index in [0.717, 1.165) is 11.1 Å². The molecule has 0 radical (unpaired) electrons. The number of quaternary nitrogens is 1. The summed E-state index contributed by atoms with van der Waals surface area (Å²) in [6, 6.07) is 17.4. The van der Waals surface area contributed by atoms with Gasteiger partial charge in [0.25, 0.3) is 5.91 Å². The number of nitrogens with one attached hydrogen (secondary N) is 1. The van der Waals surface area contributed by atoms with Gasteiger partial charge in [0.2, 0.25) is 5.91 Å². The zero-order valence-electron chi connectivity index (χ0n) is 22.9. The summed E-state index contributed by atoms with van der Waals surface area (Å²) in [5, 5.41) is 11.7. The Kier molecular flexibility index (Phi) is 8.80. The van der Waals surface area contributed by atoms with E-state index in [0.29, 0.717) is 17.9 Å². The monoisotopic (exact) mass is 564 g/mol. The number of fused-ring (bicyclic) bond motifs is 1. The van der Waals surface area contributed by atoms with E-state index in [1.807, 2.05) is 80.8 Å². The van der Waals surface area contributed by atoms with Crippen LogP contribution in [0.4, 0.5) is 0 Å². The summed E-state index contributed by atoms with van der Waals surface area (Å²) in [4.78, 5) is 51.7. The number of rotatable bonds is 10. The first-order chi connectivity index (χ1) is 19.0. The number of benzene rings is 2. The van der Waals surface area contributed by atoms with E-state index in [1.54, 1.807) is 13.0 Å². The minimum Gasteiger partial charge on any atom is -0.477 e. The standard InChI is InChI=1S/C30H33N3O6S/c1-19(29(36)37)33(3,4)17-11-16-23-18-40-28-24(31-20(2)34)27(35)32(28)25(23)30(38)39-26(21-12-7-5-8-13-21)22-14-9-6-10-15-22/h5-16,19,24,26,28H,17-18H2,1-4H3,(H-,31,34,36,37)/p+1/t19?,24-,28+/m1/s1. The number of carbonyl (C=O) groups is 4. The van der Waals surface area contributed by atoms with Crippen LogP contribution in [0.2, 0.25) is 0 Å². The first kappa shape index (κ1) is 29.1. The van der Waals surface area contributed by atoms with Gasteiger partial charge in [-0.25, -0.2) is 9.59 Å². The van der Waals surface area contributed by atoms with E-state index in [9.17, 15) is 24.3 Å². The van der Waals surface area contributed by atoms with Crippen LogP contribution in [0.25, 0.3) is 0 Å². The second-order valence-electron chi connectivity index (χ2n) is 10.4. The van der Waals surface area contributed by atoms with Crippen LogP contribution >= 0.6 is 11.8 Å². The molecule has 0 aliphatic carbocycles. The van der Waals surface area contributed by atoms with Crippen LogP contribution in [0, 0.1) is 0 Å². The van der Waals surface area contributed by atoms with Gasteiger partial charge in [-0.3, -0.25) is 14.5 Å². The minimum atomic E-state index is -0.902. The maximum absolute atomic E-state index is 13.9. The molecular formula is C30H34N3O6S+. The summed E-state index contributed by atoms with van der Waals surface area (Å²) in [6.45, 7) is 3.39. The van der Waals surface area contributed by atoms with Gasteiger partial charge in [-0.15, -0.1) is 11.8 Å². The van der Waals surface area contributed by atoms with Gasteiger partial charge in [-0.05, 0) is 29.7 Å². The normalized spacial score (nSPS) is 19.7. The van der Waals surface area contributed by atoms with Gasteiger partial charge in [0, 0.05) is 12.7 Å². The molecule has 210 valence electrons. The number of ether oxygens (including phenoxy) is 1. The maximum Gasteiger partial charge on any atom is 0.362 e. The van der Waals surface area contributed by atoms with E-state index in [1.165, 1.54) is 23.6 Å². The van der Waals surface area contributed by atoms with E-state index < -0.39 is 35.5 Å². The molecule has 1 saturated heterocycles. The highest BCUT2D eigenvalue weighted by Gasteiger charge is 2.54. The van der Waals surface area contributed by atoms with E-state index >= 15 is 0 Å². The zero-order chi connectivity index (χ0) is 29.0. The quantitative estimate of drug-likeness (QED) is 0.259. The number of nitrogens with zero attached hydrogens (tertiary/aromatic N) is 2. The van der Waals surface area contributed by atoms with Crippen molar-refractivity contribution in [3.8, 4) is 0 Å². The van der Waals surface area contributed by atoms with Gasteiger partial charge >= 0.3 is 11.9 Å². The van der Waals surface area contributed by atoms with Gasteiger partial charge in [-0.2, -0.15) is 0 Å². The van der Waals surface area contributed by atoms with Gasteiger partial charge in [0.15, 0.2) is 12.1 Å². The molecule has 3 atom stereocenters. The fourth-order valence-corrected chi connectivity index (χ4v) is 5.97. The fourth-order valence-electron chi connectivity index (χ4n) is 4.65. The van der Waals surface area contributed by atoms with E-state index in [-0.39, 0.29) is 22.0 Å². The molecule has 0 saturated carbocycles. The molecule has 4 rings (SSSR count). The number of β-lactam (4-membered cyclic amide) rings is 1. The number of hydrogen-bond acceptors (Lipinski definition) is 6. The highest BCUT2D eigenvalue weighted by molar-refractivity contribution is 8.00. The first-order valence-electron chi connectivity index (χ1n) is 13.0. The summed E-state index contributed by atoms with van der Waals surface area (Å²) in [5.74, 6) is -1.84. The Hall–Kier alpha value is -3.89. The van der Waals surface area contributed by atoms with Crippen LogP contribution < -0.4 is 5.32 Å². The summed E-state index contributed by atoms with van der Waals surface area (Å²) in [6.07, 6.45) is 2.90. The average Bonchev–Trinajstić information content (AvgIpc) is 2.94. The number of esters is 1. The van der Waals surface area contributed by atoms with E-state index in [4.69, 9.17) is 4.74 Å². The Labute approximate surface area is 238 Å². The van der Waals surface area contributed by atoms with Crippen LogP contribution in [0.5, 0.6) is 0 Å². The lowest BCUT2D eigenvalue weighted by Crippen LogP contribution is -2.70. The third-order valence-corrected chi connectivity index (χ3v) is 8.58. The molecule has 40 heavy (non-hydrogen) atoms. The molecule has 9 nitrogen and oxygen atoms in total. The third-order valence-electron chi connectivity index (χ3n) is 7.28. The van der Waals surface area contributed by atoms with Crippen LogP contribution in [-0.4, -0.2) is 82.1 Å². The number of aliphatic carboxylic acids is 1. The third kappa shape index (κ3) is 6.13. The number of likely N-dealkylation sites (N-methyl/N-ethyl adjacent to an activating group) is 1. The predicted octanol–water partition coefficient (Wildman–Crippen LogP) is 3.10. The van der Waals surface area contributed by atoms with Crippen molar-refractivity contribution >= 4 is 35.5 Å². The number of carbonyl (C=O) groups excluding carboxylic acids is 3. The second-order valence-corrected chi connectivity index (χ2v) is 11.6. The van der Waals surface area contributed by atoms with E-state index in [2.05, 4.69) is 5.32 Å². The average molecular weight is 565 g/mol. The second kappa shape index (κ2) is 12.1. The molecule has 2 heterocycles. The summed E-state index contributed by atoms with van der Waals surface area (Å²) in [7, 11) is 3.64. The minimum absolute atomic E-state index is 0.139. The Bertz CT molecular complexity index is 1300. The molecule has 10 heteroatoms. The highest BCUT2D eigenvalue weighted by Crippen LogP contribution is 2.42. The lowest BCUT2D eigenvalue weighted by Gasteiger charge is -2.49. The Morgan fingerprint density at radius 2 is 1.68 bits per heavy atom. The number of hydrogen-bond donors (Lipinski definition) is 2. The molecule has 1 fully saturated rings. The summed E-state index contributed by atoms with van der Waals surface area (Å²) in [5.41, 5.74) is 2.31. The van der Waals surface area contributed by atoms with Gasteiger partial charge in [-0.1, -0.05) is 66.7 Å². The van der Waals surface area contributed by atoms with Gasteiger partial charge < -0.3 is 19.6 Å². The van der Waals surface area contributed by atoms with Crippen molar-refractivity contribution in [2.75, 3.05) is 26.4 Å². The maximum atomic E-state index is 13.9. The molecule has 2 aliphatic heterocycles. The Morgan fingerprint density at radius 3 is 2.20 bits per heavy atom. The number of allylic oxidation sites excluding steroid dienone is 1. The van der Waals surface area contributed by atoms with Crippen molar-refractivity contribution in [2.45, 2.75) is 37.4 Å². The summed E-state index contributed by atoms with van der Waals surface area (Å²) < 4.78 is 6.32. The highest BCUT2D eigenvalue weighted by atomic mass is 32.2. The molecule has 2 N–H and O–H groups in total. The van der Waals surface area contributed by atoms with Crippen molar-refractivity contribution in [2.24, 2.45) is 0 Å². The topological polar surface area (TPSA) is 113 Å². The lowest BCUT2D eigenvalue weighted by atomic mass is 10.0. The Balaban J connectivity index is 1.68. The number of carboxylic acids is 1. The molecular weight excluding hydrogens is 530 g/mol. The molecule has 0 bridgehead atoms. The molecule has 2 aromatic carbocycles. The molecule has 1 unspecified atom stereocenters. The SMILES string of the molecule is CC(=O)N[C@@H]1C(=O)N2C(C(=O)OC(c3ccccc3)c3ccccc3)=C(C=CC[N+](C)(C)C(C)C(=O)O)CS[C@@H]12. The van der Waals surface area contributed by atoms with Crippen molar-refractivity contribution in [1.29, 1.82) is 0 Å². The molecule has 2 aliphatic rings. The number of thioether (sulfide) groups is 1. The summed E-state index contributed by atoms with van der Waals surface area (Å²) >= 11 is 1.45. The first-order valence-corrected chi connectivity index (χ1v) is 14.0. The van der Waals surface area contributed by atoms with Crippen molar-refractivity contribution in [3.63, 3.8) is 0 Å². The van der Waals surface area contributed by atoms with Gasteiger partial charge in [0.1, 0.15) is 17.1 Å². The fraction of sp³-hybridized carbons (Fsp3) is 0.333. The van der Waals surface area contributed by atoms with Crippen molar-refractivity contribution in [3.05, 3.63) is 95.2 Å². The smallest absolute Gasteiger partial charge is 0.362 e. The molecule has 2 aromatic rings. The number of amides is 2. The van der Waals surface area contributed by atoms with Crippen LogP contribution in [0.1, 0.15) is 31.1 Å². The van der Waals surface area contributed by atoms with Crippen LogP contribution in [-0.2, 0) is 23.9 Å². The van der Waals surface area contributed by atoms with Crippen molar-refractivity contribution < 1.29 is 33.5 Å². The molecule has 2 amide bonds. The van der Waals surface area contributed by atoms with Gasteiger partial charge in [0.05, 0.1) is 20.6 Å². The zero-order valence-corrected chi connectivity index (χ0v) is 23.8. The lowest BCUT2D eigenvalue weighted by molar-refractivity contribution is -0.899. The largest absolute Gasteiger partial charge is 0.477 e. The van der Waals surface area contributed by atoms with Crippen LogP contribution in [0.3, 0.4) is 0 Å². The Morgan fingerprint density at radius 1 is 1.10 bits per heavy atom. The molecule has 0 spiro atoms. The predicted molar refractivity (Wildman–Crippen MR) is 152 cm³/mol. The van der Waals surface area contributed by atoms with Crippen LogP contribution in [0.15, 0.2) is 84.1 Å². The molecule has 0 aromatic heterocycles. The number of carboxylic acid groups (broad SMARTS) is 1. The van der Waals surface area contributed by atoms with Crippen molar-refractivity contribution in [1.82, 2.24) is 10.2 Å².